The van der Waals surface area contributed by atoms with Crippen molar-refractivity contribution < 1.29 is 48.1 Å². The van der Waals surface area contributed by atoms with Crippen molar-refractivity contribution in [3.63, 3.8) is 0 Å². The minimum Gasteiger partial charge on any atom is -0.481 e. The molecule has 3 unspecified atom stereocenters. The highest BCUT2D eigenvalue weighted by Crippen LogP contribution is 2.42. The molecule has 3 fully saturated rings. The van der Waals surface area contributed by atoms with Crippen molar-refractivity contribution >= 4 is 58.8 Å². The van der Waals surface area contributed by atoms with Gasteiger partial charge < -0.3 is 35.0 Å². The van der Waals surface area contributed by atoms with Gasteiger partial charge in [-0.15, -0.1) is 11.8 Å². The lowest BCUT2D eigenvalue weighted by molar-refractivity contribution is -0.150. The van der Waals surface area contributed by atoms with Crippen molar-refractivity contribution in [2.45, 2.75) is 36.7 Å². The highest BCUT2D eigenvalue weighted by atomic mass is 32.2. The van der Waals surface area contributed by atoms with Gasteiger partial charge in [-0.05, 0) is 30.5 Å². The number of β-lactam (4-membered cyclic amide) rings is 1. The number of piperazine rings is 1. The maximum absolute atomic E-state index is 15.4. The van der Waals surface area contributed by atoms with Gasteiger partial charge in [-0.1, -0.05) is 30.3 Å². The van der Waals surface area contributed by atoms with E-state index >= 15 is 4.39 Å². The van der Waals surface area contributed by atoms with Crippen molar-refractivity contribution in [1.29, 1.82) is 0 Å². The number of rotatable bonds is 9. The van der Waals surface area contributed by atoms with E-state index in [0.717, 1.165) is 29.4 Å². The van der Waals surface area contributed by atoms with E-state index in [2.05, 4.69) is 5.32 Å². The number of carboxylic acid groups (broad SMARTS) is 2. The topological polar surface area (TPSA) is 177 Å². The number of hydrogen-bond acceptors (Lipinski definition) is 10. The van der Waals surface area contributed by atoms with Crippen molar-refractivity contribution in [3.05, 3.63) is 70.7 Å². The minimum atomic E-state index is -1.34. The Morgan fingerprint density at radius 3 is 2.36 bits per heavy atom. The smallest absolute Gasteiger partial charge is 0.410 e. The lowest BCUT2D eigenvalue weighted by Crippen LogP contribution is -2.70. The molecule has 4 aliphatic heterocycles. The summed E-state index contributed by atoms with van der Waals surface area (Å²) in [5.74, 6) is -5.83. The summed E-state index contributed by atoms with van der Waals surface area (Å²) in [6, 6.07) is 11.0. The van der Waals surface area contributed by atoms with Crippen LogP contribution < -0.4 is 15.1 Å². The maximum atomic E-state index is 15.4. The van der Waals surface area contributed by atoms with E-state index in [-0.39, 0.29) is 86.0 Å². The second kappa shape index (κ2) is 13.3. The van der Waals surface area contributed by atoms with Gasteiger partial charge in [-0.3, -0.25) is 24.1 Å². The highest BCUT2D eigenvalue weighted by molar-refractivity contribution is 8.00. The molecular formula is C34H34FN5O9S. The van der Waals surface area contributed by atoms with Crippen LogP contribution in [-0.2, 0) is 30.3 Å². The number of carboxylic acids is 2. The summed E-state index contributed by atoms with van der Waals surface area (Å²) < 4.78 is 20.9. The first-order valence-corrected chi connectivity index (χ1v) is 17.3. The predicted molar refractivity (Wildman–Crippen MR) is 177 cm³/mol. The summed E-state index contributed by atoms with van der Waals surface area (Å²) in [6.45, 7) is 0.543. The number of nitrogens with one attached hydrogen (secondary N) is 1. The average Bonchev–Trinajstić information content (AvgIpc) is 3.95. The van der Waals surface area contributed by atoms with Gasteiger partial charge >= 0.3 is 18.0 Å². The van der Waals surface area contributed by atoms with Gasteiger partial charge in [-0.2, -0.15) is 0 Å². The molecule has 2 saturated heterocycles. The first-order valence-electron chi connectivity index (χ1n) is 16.3. The quantitative estimate of drug-likeness (QED) is 0.255. The van der Waals surface area contributed by atoms with Crippen molar-refractivity contribution in [2.24, 2.45) is 5.92 Å². The second-order valence-electron chi connectivity index (χ2n) is 12.9. The molecule has 4 heterocycles. The summed E-state index contributed by atoms with van der Waals surface area (Å²) >= 11 is 1.27. The first kappa shape index (κ1) is 33.4. The number of anilines is 2. The maximum Gasteiger partial charge on any atom is 0.410 e. The Morgan fingerprint density at radius 2 is 1.70 bits per heavy atom. The summed E-state index contributed by atoms with van der Waals surface area (Å²) in [5, 5.41) is 21.6. The molecule has 3 atom stereocenters. The largest absolute Gasteiger partial charge is 0.481 e. The van der Waals surface area contributed by atoms with Crippen LogP contribution in [0.25, 0.3) is 0 Å². The molecule has 5 aliphatic rings. The number of fused-ring (bicyclic) bond motifs is 2. The highest BCUT2D eigenvalue weighted by Gasteiger charge is 2.54. The fourth-order valence-corrected chi connectivity index (χ4v) is 8.21. The summed E-state index contributed by atoms with van der Waals surface area (Å²) in [7, 11) is 0. The number of thioether (sulfide) groups is 1. The Balaban J connectivity index is 0.958. The number of ketones is 1. The Bertz CT molecular complexity index is 1810. The molecule has 0 radical (unpaired) electrons. The minimum absolute atomic E-state index is 0.0353. The number of ether oxygens (including phenoxy) is 1. The summed E-state index contributed by atoms with van der Waals surface area (Å²) in [6.07, 6.45) is 1.11. The number of aliphatic carboxylic acids is 2. The number of carbonyl (C=O) groups excluding carboxylic acids is 4. The zero-order valence-corrected chi connectivity index (χ0v) is 27.6. The molecule has 1 saturated carbocycles. The predicted octanol–water partition coefficient (Wildman–Crippen LogP) is 1.93. The van der Waals surface area contributed by atoms with Crippen molar-refractivity contribution in [3.8, 4) is 0 Å². The number of carbonyl (C=O) groups is 6. The number of amides is 3. The van der Waals surface area contributed by atoms with Gasteiger partial charge in [0.25, 0.3) is 5.91 Å². The second-order valence-corrected chi connectivity index (χ2v) is 14.0. The van der Waals surface area contributed by atoms with Crippen LogP contribution in [0.4, 0.5) is 20.6 Å². The lowest BCUT2D eigenvalue weighted by atomic mass is 9.90. The molecular weight excluding hydrogens is 673 g/mol. The van der Waals surface area contributed by atoms with Gasteiger partial charge in [0.2, 0.25) is 5.91 Å². The monoisotopic (exact) mass is 707 g/mol. The number of halogens is 1. The van der Waals surface area contributed by atoms with Crippen LogP contribution in [0.15, 0.2) is 53.7 Å². The fourth-order valence-electron chi connectivity index (χ4n) is 6.89. The van der Waals surface area contributed by atoms with Crippen LogP contribution in [0.2, 0.25) is 0 Å². The third kappa shape index (κ3) is 6.23. The molecule has 0 aromatic heterocycles. The van der Waals surface area contributed by atoms with Gasteiger partial charge in [0.15, 0.2) is 5.78 Å². The van der Waals surface area contributed by atoms with Crippen LogP contribution in [0.1, 0.15) is 28.8 Å². The van der Waals surface area contributed by atoms with Gasteiger partial charge in [0.1, 0.15) is 35.5 Å². The third-order valence-corrected chi connectivity index (χ3v) is 11.0. The Hall–Kier alpha value is -5.12. The van der Waals surface area contributed by atoms with Crippen molar-refractivity contribution in [2.75, 3.05) is 54.9 Å². The van der Waals surface area contributed by atoms with Crippen LogP contribution >= 0.6 is 11.8 Å². The molecule has 7 rings (SSSR count). The molecule has 50 heavy (non-hydrogen) atoms. The Morgan fingerprint density at radius 1 is 0.980 bits per heavy atom. The van der Waals surface area contributed by atoms with Gasteiger partial charge in [0, 0.05) is 55.7 Å². The van der Waals surface area contributed by atoms with Gasteiger partial charge in [-0.25, -0.2) is 14.0 Å². The zero-order chi connectivity index (χ0) is 35.3. The van der Waals surface area contributed by atoms with E-state index in [9.17, 15) is 39.0 Å². The van der Waals surface area contributed by atoms with E-state index in [1.165, 1.54) is 16.7 Å². The van der Waals surface area contributed by atoms with Crippen LogP contribution in [0, 0.1) is 11.7 Å². The number of Topliss-reactive ketones (excluding diaryl/α,β-unsaturated/α-hetero) is 1. The number of hydrogen-bond donors (Lipinski definition) is 3. The molecule has 0 bridgehead atoms. The summed E-state index contributed by atoms with van der Waals surface area (Å²) in [4.78, 5) is 81.6. The van der Waals surface area contributed by atoms with E-state index in [1.807, 2.05) is 11.0 Å². The van der Waals surface area contributed by atoms with Crippen LogP contribution in [0.5, 0.6) is 0 Å². The molecule has 262 valence electrons. The molecule has 2 aromatic carbocycles. The average molecular weight is 708 g/mol. The van der Waals surface area contributed by atoms with E-state index in [4.69, 9.17) is 4.74 Å². The van der Waals surface area contributed by atoms with Crippen LogP contribution in [-0.4, -0.2) is 118 Å². The molecule has 14 nitrogen and oxygen atoms in total. The first-order chi connectivity index (χ1) is 24.0. The van der Waals surface area contributed by atoms with E-state index in [0.29, 0.717) is 5.69 Å². The SMILES string of the molecule is O=C(Cc1ccccc1)NC1C(=O)N2C(C(=O)O)=C(COC(=O)N3CCN(c4cc5c(cc4F)C(=O)C(C(=O)O)CN5C4CC4)CC3)CSC12. The molecule has 3 N–H and O–H groups in total. The fraction of sp³-hybridized carbons (Fsp3) is 0.412. The Kier molecular flexibility index (Phi) is 8.88. The number of benzene rings is 2. The molecule has 0 spiro atoms. The van der Waals surface area contributed by atoms with Gasteiger partial charge in [0.05, 0.1) is 17.8 Å². The zero-order valence-electron chi connectivity index (χ0n) is 26.7. The van der Waals surface area contributed by atoms with E-state index < -0.39 is 52.9 Å². The third-order valence-electron chi connectivity index (χ3n) is 9.64. The van der Waals surface area contributed by atoms with Crippen molar-refractivity contribution in [1.82, 2.24) is 15.1 Å². The molecule has 1 aliphatic carbocycles. The lowest BCUT2D eigenvalue weighted by Gasteiger charge is -2.49. The molecule has 16 heteroatoms. The summed E-state index contributed by atoms with van der Waals surface area (Å²) in [5.41, 5.74) is 1.60. The van der Waals surface area contributed by atoms with Crippen LogP contribution in [0.3, 0.4) is 0 Å². The van der Waals surface area contributed by atoms with E-state index in [1.54, 1.807) is 35.2 Å². The molecule has 3 amide bonds. The Labute approximate surface area is 289 Å². The normalized spacial score (nSPS) is 23.2. The standard InChI is InChI=1S/C34H34FN5O9S/c35-23-13-21-24(39(20-6-7-20)15-22(29(21)42)32(44)45)14-25(23)37-8-10-38(11-9-37)34(48)49-16-19-17-50-31-27(30(43)40(31)28(19)33(46)47)36-26(41)12-18-4-2-1-3-5-18/h1-5,13-14,20,22,27,31H,6-12,15-17H2,(H,36,41)(H,44,45)(H,46,47). The number of nitrogens with zero attached hydrogens (tertiary/aromatic N) is 4. The molecule has 2 aromatic rings.